The molecular formula is C26H23N3O8. The van der Waals surface area contributed by atoms with Crippen LogP contribution >= 0.6 is 0 Å². The van der Waals surface area contributed by atoms with E-state index in [1.807, 2.05) is 0 Å². The fourth-order valence-electron chi connectivity index (χ4n) is 4.86. The fourth-order valence-corrected chi connectivity index (χ4v) is 4.86. The molecule has 2 amide bonds. The van der Waals surface area contributed by atoms with E-state index in [4.69, 9.17) is 19.0 Å². The first-order valence-electron chi connectivity index (χ1n) is 11.3. The Morgan fingerprint density at radius 1 is 0.838 bits per heavy atom. The molecule has 0 aliphatic carbocycles. The smallest absolute Gasteiger partial charge is 0.278 e. The summed E-state index contributed by atoms with van der Waals surface area (Å²) in [6.45, 7) is 0. The lowest BCUT2D eigenvalue weighted by atomic mass is 9.89. The lowest BCUT2D eigenvalue weighted by Crippen LogP contribution is -2.37. The molecule has 5 rings (SSSR count). The highest BCUT2D eigenvalue weighted by molar-refractivity contribution is 6.24. The number of benzene rings is 3. The number of methoxy groups -OCH3 is 3. The summed E-state index contributed by atoms with van der Waals surface area (Å²) < 4.78 is 16.0. The first-order chi connectivity index (χ1) is 17.9. The van der Waals surface area contributed by atoms with Gasteiger partial charge in [0, 0.05) is 0 Å². The standard InChI is InChI=1S/C26H23N3O8/c1-34-19-12-8-7-11-17(19)27-25(30)22-23(16-13-20(35-2)21(36-3)14-18(16)29(32)33)28(37-24(22)26(27)31)15-9-5-4-6-10-15/h4-14,22-24H,1-3H3/t22-,23-,24+/m1/s1. The van der Waals surface area contributed by atoms with Gasteiger partial charge in [0.1, 0.15) is 17.7 Å². The molecule has 3 aromatic carbocycles. The van der Waals surface area contributed by atoms with Crippen LogP contribution in [0.4, 0.5) is 17.1 Å². The molecule has 190 valence electrons. The van der Waals surface area contributed by atoms with Crippen molar-refractivity contribution in [3.63, 3.8) is 0 Å². The first-order valence-corrected chi connectivity index (χ1v) is 11.3. The summed E-state index contributed by atoms with van der Waals surface area (Å²) in [5.74, 6) is -1.52. The fraction of sp³-hybridized carbons (Fsp3) is 0.231. The second-order valence-corrected chi connectivity index (χ2v) is 8.36. The molecule has 0 spiro atoms. The number of nitro groups is 1. The van der Waals surface area contributed by atoms with E-state index in [0.29, 0.717) is 11.4 Å². The predicted octanol–water partition coefficient (Wildman–Crippen LogP) is 3.67. The van der Waals surface area contributed by atoms with Gasteiger partial charge in [-0.25, -0.2) is 9.96 Å². The first kappa shape index (κ1) is 24.1. The molecule has 2 fully saturated rings. The Bertz CT molecular complexity index is 1380. The molecule has 37 heavy (non-hydrogen) atoms. The zero-order valence-corrected chi connectivity index (χ0v) is 20.2. The van der Waals surface area contributed by atoms with Crippen molar-refractivity contribution >= 4 is 28.9 Å². The zero-order valence-electron chi connectivity index (χ0n) is 20.2. The lowest BCUT2D eigenvalue weighted by Gasteiger charge is -2.29. The molecule has 11 heteroatoms. The molecule has 3 atom stereocenters. The molecule has 0 radical (unpaired) electrons. The third-order valence-electron chi connectivity index (χ3n) is 6.50. The summed E-state index contributed by atoms with van der Waals surface area (Å²) in [7, 11) is 4.22. The molecule has 2 saturated heterocycles. The molecule has 0 unspecified atom stereocenters. The number of para-hydroxylation sites is 3. The highest BCUT2D eigenvalue weighted by Gasteiger charge is 2.61. The van der Waals surface area contributed by atoms with Crippen LogP contribution in [-0.4, -0.2) is 44.2 Å². The van der Waals surface area contributed by atoms with E-state index in [2.05, 4.69) is 0 Å². The van der Waals surface area contributed by atoms with Gasteiger partial charge in [-0.3, -0.25) is 24.5 Å². The number of nitrogens with zero attached hydrogens (tertiary/aromatic N) is 3. The van der Waals surface area contributed by atoms with Gasteiger partial charge in [-0.1, -0.05) is 30.3 Å². The lowest BCUT2D eigenvalue weighted by molar-refractivity contribution is -0.385. The Hall–Kier alpha value is -4.64. The van der Waals surface area contributed by atoms with Crippen molar-refractivity contribution in [2.45, 2.75) is 12.1 Å². The molecule has 2 heterocycles. The summed E-state index contributed by atoms with van der Waals surface area (Å²) in [4.78, 5) is 46.2. The maximum Gasteiger partial charge on any atom is 0.278 e. The number of hydroxylamine groups is 1. The van der Waals surface area contributed by atoms with Crippen molar-refractivity contribution in [3.8, 4) is 17.2 Å². The monoisotopic (exact) mass is 505 g/mol. The average molecular weight is 505 g/mol. The van der Waals surface area contributed by atoms with Crippen LogP contribution in [0.5, 0.6) is 17.2 Å². The van der Waals surface area contributed by atoms with Gasteiger partial charge in [-0.2, -0.15) is 0 Å². The number of anilines is 2. The van der Waals surface area contributed by atoms with E-state index < -0.39 is 34.8 Å². The van der Waals surface area contributed by atoms with Gasteiger partial charge in [-0.15, -0.1) is 0 Å². The van der Waals surface area contributed by atoms with Crippen LogP contribution < -0.4 is 24.2 Å². The Morgan fingerprint density at radius 2 is 1.46 bits per heavy atom. The van der Waals surface area contributed by atoms with Crippen molar-refractivity contribution in [3.05, 3.63) is 82.4 Å². The van der Waals surface area contributed by atoms with Gasteiger partial charge in [0.25, 0.3) is 11.6 Å². The van der Waals surface area contributed by atoms with Crippen molar-refractivity contribution in [1.82, 2.24) is 0 Å². The minimum Gasteiger partial charge on any atom is -0.495 e. The normalized spacial score (nSPS) is 20.7. The SMILES string of the molecule is COc1cc([C@@H]2[C@H]3C(=O)N(c4ccccc4OC)C(=O)[C@H]3ON2c2ccccc2)c([N+](=O)[O-])cc1OC. The molecular weight excluding hydrogens is 482 g/mol. The maximum atomic E-state index is 13.9. The minimum atomic E-state index is -1.21. The minimum absolute atomic E-state index is 0.141. The molecule has 0 aromatic heterocycles. The van der Waals surface area contributed by atoms with Gasteiger partial charge in [0.2, 0.25) is 5.91 Å². The number of hydrogen-bond acceptors (Lipinski definition) is 9. The van der Waals surface area contributed by atoms with E-state index in [0.717, 1.165) is 4.90 Å². The number of ether oxygens (including phenoxy) is 3. The van der Waals surface area contributed by atoms with Crippen LogP contribution in [0.3, 0.4) is 0 Å². The summed E-state index contributed by atoms with van der Waals surface area (Å²) in [5.41, 5.74) is 0.631. The molecule has 0 saturated carbocycles. The zero-order chi connectivity index (χ0) is 26.3. The predicted molar refractivity (Wildman–Crippen MR) is 132 cm³/mol. The second-order valence-electron chi connectivity index (χ2n) is 8.36. The summed E-state index contributed by atoms with van der Waals surface area (Å²) in [6, 6.07) is 17.1. The number of nitro benzene ring substituents is 1. The Morgan fingerprint density at radius 3 is 2.11 bits per heavy atom. The van der Waals surface area contributed by atoms with Gasteiger partial charge in [-0.05, 0) is 30.3 Å². The van der Waals surface area contributed by atoms with Gasteiger partial charge < -0.3 is 14.2 Å². The van der Waals surface area contributed by atoms with Crippen molar-refractivity contribution in [2.75, 3.05) is 31.3 Å². The average Bonchev–Trinajstić information content (AvgIpc) is 3.43. The van der Waals surface area contributed by atoms with E-state index >= 15 is 0 Å². The number of carbonyl (C=O) groups is 2. The number of imide groups is 1. The molecule has 0 N–H and O–H groups in total. The topological polar surface area (TPSA) is 121 Å². The van der Waals surface area contributed by atoms with Crippen molar-refractivity contribution in [2.24, 2.45) is 5.92 Å². The number of rotatable bonds is 7. The third kappa shape index (κ3) is 3.80. The van der Waals surface area contributed by atoms with E-state index in [1.165, 1.54) is 38.5 Å². The van der Waals surface area contributed by atoms with Crippen LogP contribution in [0.15, 0.2) is 66.7 Å². The third-order valence-corrected chi connectivity index (χ3v) is 6.50. The van der Waals surface area contributed by atoms with Gasteiger partial charge >= 0.3 is 0 Å². The second kappa shape index (κ2) is 9.43. The van der Waals surface area contributed by atoms with Crippen LogP contribution in [0, 0.1) is 16.0 Å². The van der Waals surface area contributed by atoms with Crippen LogP contribution in [-0.2, 0) is 14.4 Å². The van der Waals surface area contributed by atoms with Gasteiger partial charge in [0.05, 0.1) is 49.3 Å². The Balaban J connectivity index is 1.69. The molecule has 3 aromatic rings. The number of carbonyl (C=O) groups excluding carboxylic acids is 2. The molecule has 2 aliphatic rings. The van der Waals surface area contributed by atoms with Crippen LogP contribution in [0.25, 0.3) is 0 Å². The highest BCUT2D eigenvalue weighted by Crippen LogP contribution is 2.51. The van der Waals surface area contributed by atoms with Gasteiger partial charge in [0.15, 0.2) is 17.6 Å². The Labute approximate surface area is 211 Å². The summed E-state index contributed by atoms with van der Waals surface area (Å²) in [6.07, 6.45) is -1.21. The maximum absolute atomic E-state index is 13.9. The van der Waals surface area contributed by atoms with E-state index in [-0.39, 0.29) is 28.4 Å². The van der Waals surface area contributed by atoms with Crippen molar-refractivity contribution in [1.29, 1.82) is 0 Å². The summed E-state index contributed by atoms with van der Waals surface area (Å²) >= 11 is 0. The molecule has 0 bridgehead atoms. The Kier molecular flexibility index (Phi) is 6.14. The quantitative estimate of drug-likeness (QED) is 0.269. The number of hydrogen-bond donors (Lipinski definition) is 0. The number of fused-ring (bicyclic) bond motifs is 1. The van der Waals surface area contributed by atoms with Crippen molar-refractivity contribution < 1.29 is 33.6 Å². The highest BCUT2D eigenvalue weighted by atomic mass is 16.7. The van der Waals surface area contributed by atoms with E-state index in [1.54, 1.807) is 54.6 Å². The summed E-state index contributed by atoms with van der Waals surface area (Å²) in [5, 5.41) is 13.6. The molecule has 11 nitrogen and oxygen atoms in total. The molecule has 2 aliphatic heterocycles. The van der Waals surface area contributed by atoms with Crippen LogP contribution in [0.2, 0.25) is 0 Å². The largest absolute Gasteiger partial charge is 0.495 e. The number of amides is 2. The van der Waals surface area contributed by atoms with Crippen LogP contribution in [0.1, 0.15) is 11.6 Å². The van der Waals surface area contributed by atoms with E-state index in [9.17, 15) is 19.7 Å².